The van der Waals surface area contributed by atoms with Crippen LogP contribution in [0.2, 0.25) is 0 Å². The van der Waals surface area contributed by atoms with Gasteiger partial charge >= 0.3 is 0 Å². The molecule has 1 aliphatic heterocycles. The molecule has 5 heteroatoms. The summed E-state index contributed by atoms with van der Waals surface area (Å²) in [5.74, 6) is -0.328. The van der Waals surface area contributed by atoms with Gasteiger partial charge in [-0.25, -0.2) is 0 Å². The fourth-order valence-electron chi connectivity index (χ4n) is 2.33. The Hall–Kier alpha value is -2.17. The van der Waals surface area contributed by atoms with Gasteiger partial charge in [-0.15, -0.1) is 0 Å². The first-order valence-corrected chi connectivity index (χ1v) is 7.00. The van der Waals surface area contributed by atoms with E-state index in [1.165, 1.54) is 0 Å². The number of hydrogen-bond donors (Lipinski definition) is 1. The Labute approximate surface area is 124 Å². The molecule has 1 aromatic carbocycles. The van der Waals surface area contributed by atoms with Crippen LogP contribution in [0.25, 0.3) is 0 Å². The Bertz CT molecular complexity index is 606. The Morgan fingerprint density at radius 2 is 1.95 bits per heavy atom. The number of carbonyl (C=O) groups excluding carboxylic acids is 3. The topological polar surface area (TPSA) is 66.5 Å². The van der Waals surface area contributed by atoms with Crippen LogP contribution in [-0.2, 0) is 9.59 Å². The van der Waals surface area contributed by atoms with Gasteiger partial charge in [-0.05, 0) is 38.0 Å². The summed E-state index contributed by atoms with van der Waals surface area (Å²) in [5.41, 5.74) is 0.461. The van der Waals surface area contributed by atoms with Crippen molar-refractivity contribution in [3.8, 4) is 0 Å². The predicted molar refractivity (Wildman–Crippen MR) is 81.4 cm³/mol. The third-order valence-corrected chi connectivity index (χ3v) is 3.59. The molecule has 1 N–H and O–H groups in total. The number of fused-ring (bicyclic) bond motifs is 1. The van der Waals surface area contributed by atoms with Gasteiger partial charge in [-0.2, -0.15) is 0 Å². The first-order valence-electron chi connectivity index (χ1n) is 7.00. The van der Waals surface area contributed by atoms with E-state index in [0.717, 1.165) is 6.29 Å². The number of anilines is 2. The van der Waals surface area contributed by atoms with Crippen LogP contribution in [0.1, 0.15) is 38.1 Å². The molecule has 0 saturated heterocycles. The summed E-state index contributed by atoms with van der Waals surface area (Å²) in [6.45, 7) is 7.78. The third kappa shape index (κ3) is 2.68. The molecule has 112 valence electrons. The molecule has 0 radical (unpaired) electrons. The van der Waals surface area contributed by atoms with Crippen LogP contribution in [0, 0.1) is 11.3 Å². The Balaban J connectivity index is 2.60. The first kappa shape index (κ1) is 15.2. The summed E-state index contributed by atoms with van der Waals surface area (Å²) in [7, 11) is 0. The SMILES string of the molecule is CC(C)CN1C(=O)C(C)(C)C(=O)Nc2cc(C=O)ccc21. The second kappa shape index (κ2) is 5.31. The molecular formula is C16H20N2O3. The van der Waals surface area contributed by atoms with Gasteiger partial charge < -0.3 is 10.2 Å². The zero-order chi connectivity index (χ0) is 15.8. The van der Waals surface area contributed by atoms with Crippen molar-refractivity contribution in [3.63, 3.8) is 0 Å². The highest BCUT2D eigenvalue weighted by Gasteiger charge is 2.43. The molecule has 0 unspecified atom stereocenters. The summed E-state index contributed by atoms with van der Waals surface area (Å²) >= 11 is 0. The lowest BCUT2D eigenvalue weighted by atomic mass is 9.90. The molecule has 5 nitrogen and oxygen atoms in total. The maximum Gasteiger partial charge on any atom is 0.242 e. The molecular weight excluding hydrogens is 268 g/mol. The largest absolute Gasteiger partial charge is 0.323 e. The normalized spacial score (nSPS) is 17.3. The summed E-state index contributed by atoms with van der Waals surface area (Å²) in [4.78, 5) is 37.6. The summed E-state index contributed by atoms with van der Waals surface area (Å²) < 4.78 is 0. The minimum Gasteiger partial charge on any atom is -0.323 e. The molecule has 0 aliphatic carbocycles. The molecule has 0 aromatic heterocycles. The summed E-state index contributed by atoms with van der Waals surface area (Å²) in [6, 6.07) is 4.96. The monoisotopic (exact) mass is 288 g/mol. The zero-order valence-corrected chi connectivity index (χ0v) is 12.8. The van der Waals surface area contributed by atoms with Gasteiger partial charge in [0.05, 0.1) is 11.4 Å². The lowest BCUT2D eigenvalue weighted by molar-refractivity contribution is -0.136. The van der Waals surface area contributed by atoms with Gasteiger partial charge in [0.2, 0.25) is 11.8 Å². The van der Waals surface area contributed by atoms with E-state index in [-0.39, 0.29) is 17.7 Å². The highest BCUT2D eigenvalue weighted by molar-refractivity contribution is 6.19. The van der Waals surface area contributed by atoms with E-state index in [0.29, 0.717) is 23.5 Å². The number of rotatable bonds is 3. The fraction of sp³-hybridized carbons (Fsp3) is 0.438. The van der Waals surface area contributed by atoms with Crippen LogP contribution in [0.5, 0.6) is 0 Å². The number of nitrogens with zero attached hydrogens (tertiary/aromatic N) is 1. The van der Waals surface area contributed by atoms with Gasteiger partial charge in [0.15, 0.2) is 0 Å². The van der Waals surface area contributed by atoms with E-state index >= 15 is 0 Å². The maximum atomic E-state index is 12.7. The summed E-state index contributed by atoms with van der Waals surface area (Å²) in [5, 5.41) is 2.76. The number of carbonyl (C=O) groups is 3. The number of hydrogen-bond acceptors (Lipinski definition) is 3. The zero-order valence-electron chi connectivity index (χ0n) is 12.8. The third-order valence-electron chi connectivity index (χ3n) is 3.59. The standard InChI is InChI=1S/C16H20N2O3/c1-10(2)8-18-13-6-5-11(9-19)7-12(13)17-14(20)16(3,4)15(18)21/h5-7,9-10H,8H2,1-4H3,(H,17,20). The van der Waals surface area contributed by atoms with Crippen LogP contribution in [0.4, 0.5) is 11.4 Å². The van der Waals surface area contributed by atoms with Gasteiger partial charge in [-0.3, -0.25) is 14.4 Å². The molecule has 0 fully saturated rings. The molecule has 0 bridgehead atoms. The molecule has 2 rings (SSSR count). The molecule has 0 atom stereocenters. The number of amides is 2. The van der Waals surface area contributed by atoms with Crippen LogP contribution in [0.15, 0.2) is 18.2 Å². The van der Waals surface area contributed by atoms with Crippen molar-refractivity contribution in [2.45, 2.75) is 27.7 Å². The highest BCUT2D eigenvalue weighted by Crippen LogP contribution is 2.36. The van der Waals surface area contributed by atoms with Gasteiger partial charge in [0.25, 0.3) is 0 Å². The molecule has 0 saturated carbocycles. The molecule has 1 aromatic rings. The van der Waals surface area contributed by atoms with Crippen molar-refractivity contribution in [1.29, 1.82) is 0 Å². The van der Waals surface area contributed by atoms with E-state index in [1.54, 1.807) is 36.9 Å². The Morgan fingerprint density at radius 1 is 1.29 bits per heavy atom. The molecule has 0 spiro atoms. The first-order chi connectivity index (χ1) is 9.77. The van der Waals surface area contributed by atoms with Crippen LogP contribution in [-0.4, -0.2) is 24.6 Å². The average molecular weight is 288 g/mol. The van der Waals surface area contributed by atoms with Crippen LogP contribution >= 0.6 is 0 Å². The Kier molecular flexibility index (Phi) is 3.85. The van der Waals surface area contributed by atoms with Crippen LogP contribution < -0.4 is 10.2 Å². The maximum absolute atomic E-state index is 12.7. The smallest absolute Gasteiger partial charge is 0.242 e. The minimum atomic E-state index is -1.14. The van der Waals surface area contributed by atoms with Crippen LogP contribution in [0.3, 0.4) is 0 Å². The number of benzene rings is 1. The minimum absolute atomic E-state index is 0.230. The molecule has 21 heavy (non-hydrogen) atoms. The second-order valence-electron chi connectivity index (χ2n) is 6.28. The molecule has 2 amide bonds. The summed E-state index contributed by atoms with van der Waals surface area (Å²) in [6.07, 6.45) is 0.719. The van der Waals surface area contributed by atoms with E-state index in [9.17, 15) is 14.4 Å². The van der Waals surface area contributed by atoms with Crippen molar-refractivity contribution in [2.75, 3.05) is 16.8 Å². The van der Waals surface area contributed by atoms with E-state index in [2.05, 4.69) is 5.32 Å². The van der Waals surface area contributed by atoms with Crippen molar-refractivity contribution >= 4 is 29.5 Å². The highest BCUT2D eigenvalue weighted by atomic mass is 16.2. The number of nitrogens with one attached hydrogen (secondary N) is 1. The predicted octanol–water partition coefficient (Wildman–Crippen LogP) is 2.47. The van der Waals surface area contributed by atoms with Crippen molar-refractivity contribution < 1.29 is 14.4 Å². The Morgan fingerprint density at radius 3 is 2.52 bits per heavy atom. The van der Waals surface area contributed by atoms with E-state index in [4.69, 9.17) is 0 Å². The number of aldehydes is 1. The average Bonchev–Trinajstić information content (AvgIpc) is 2.48. The molecule has 1 heterocycles. The lowest BCUT2D eigenvalue weighted by Crippen LogP contribution is -2.46. The van der Waals surface area contributed by atoms with Crippen molar-refractivity contribution in [3.05, 3.63) is 23.8 Å². The van der Waals surface area contributed by atoms with Crippen molar-refractivity contribution in [2.24, 2.45) is 11.3 Å². The van der Waals surface area contributed by atoms with Gasteiger partial charge in [-0.1, -0.05) is 13.8 Å². The van der Waals surface area contributed by atoms with Crippen molar-refractivity contribution in [1.82, 2.24) is 0 Å². The van der Waals surface area contributed by atoms with E-state index in [1.807, 2.05) is 13.8 Å². The van der Waals surface area contributed by atoms with E-state index < -0.39 is 5.41 Å². The quantitative estimate of drug-likeness (QED) is 0.686. The lowest BCUT2D eigenvalue weighted by Gasteiger charge is -2.29. The fourth-order valence-corrected chi connectivity index (χ4v) is 2.33. The van der Waals surface area contributed by atoms with Gasteiger partial charge in [0.1, 0.15) is 11.7 Å². The second-order valence-corrected chi connectivity index (χ2v) is 6.28. The van der Waals surface area contributed by atoms with Gasteiger partial charge in [0, 0.05) is 12.1 Å². The molecule has 1 aliphatic rings.